The van der Waals surface area contributed by atoms with Crippen LogP contribution in [-0.4, -0.2) is 22.6 Å². The maximum Gasteiger partial charge on any atom is 0.257 e. The number of nitrogens with zero attached hydrogens (tertiary/aromatic N) is 3. The lowest BCUT2D eigenvalue weighted by molar-refractivity contribution is -0.117. The van der Waals surface area contributed by atoms with Gasteiger partial charge in [-0.05, 0) is 37.3 Å². The molecule has 0 saturated carbocycles. The van der Waals surface area contributed by atoms with E-state index < -0.39 is 5.82 Å². The van der Waals surface area contributed by atoms with E-state index in [1.54, 1.807) is 4.90 Å². The van der Waals surface area contributed by atoms with E-state index in [-0.39, 0.29) is 23.3 Å². The molecular formula is C19H15ClFN3O2. The SMILES string of the molecule is Cc1ccc(-c2nc([C@H]3CC(=O)N(c4ccc(F)c(Cl)c4)C3)no2)cc1. The lowest BCUT2D eigenvalue weighted by Crippen LogP contribution is -2.24. The molecule has 0 unspecified atom stereocenters. The maximum absolute atomic E-state index is 13.3. The summed E-state index contributed by atoms with van der Waals surface area (Å²) in [5, 5.41) is 4.03. The van der Waals surface area contributed by atoms with E-state index in [1.807, 2.05) is 31.2 Å². The monoisotopic (exact) mass is 371 g/mol. The Morgan fingerprint density at radius 3 is 2.73 bits per heavy atom. The zero-order valence-electron chi connectivity index (χ0n) is 13.9. The summed E-state index contributed by atoms with van der Waals surface area (Å²) in [6.07, 6.45) is 0.266. The van der Waals surface area contributed by atoms with Crippen molar-refractivity contribution < 1.29 is 13.7 Å². The molecular weight excluding hydrogens is 357 g/mol. The van der Waals surface area contributed by atoms with Crippen molar-refractivity contribution in [3.8, 4) is 11.5 Å². The maximum atomic E-state index is 13.3. The predicted octanol–water partition coefficient (Wildman–Crippen LogP) is 4.36. The quantitative estimate of drug-likeness (QED) is 0.686. The molecule has 0 N–H and O–H groups in total. The summed E-state index contributed by atoms with van der Waals surface area (Å²) in [4.78, 5) is 18.4. The molecule has 5 nitrogen and oxygen atoms in total. The highest BCUT2D eigenvalue weighted by Gasteiger charge is 2.34. The first-order valence-electron chi connectivity index (χ1n) is 8.17. The van der Waals surface area contributed by atoms with E-state index in [2.05, 4.69) is 10.1 Å². The molecule has 7 heteroatoms. The minimum atomic E-state index is -0.514. The van der Waals surface area contributed by atoms with Gasteiger partial charge < -0.3 is 9.42 Å². The van der Waals surface area contributed by atoms with Crippen LogP contribution in [0.5, 0.6) is 0 Å². The minimum Gasteiger partial charge on any atom is -0.334 e. The van der Waals surface area contributed by atoms with Gasteiger partial charge in [0.2, 0.25) is 5.91 Å². The molecule has 0 bridgehead atoms. The van der Waals surface area contributed by atoms with Crippen LogP contribution in [0.25, 0.3) is 11.5 Å². The Hall–Kier alpha value is -2.73. The van der Waals surface area contributed by atoms with Crippen LogP contribution in [0.3, 0.4) is 0 Å². The first-order chi connectivity index (χ1) is 12.5. The Morgan fingerprint density at radius 2 is 2.00 bits per heavy atom. The fourth-order valence-corrected chi connectivity index (χ4v) is 3.17. The molecule has 2 aromatic carbocycles. The molecule has 1 atom stereocenters. The van der Waals surface area contributed by atoms with Gasteiger partial charge in [0.25, 0.3) is 5.89 Å². The molecule has 0 radical (unpaired) electrons. The Balaban J connectivity index is 1.55. The number of rotatable bonds is 3. The van der Waals surface area contributed by atoms with Crippen LogP contribution in [-0.2, 0) is 4.79 Å². The Morgan fingerprint density at radius 1 is 1.23 bits per heavy atom. The van der Waals surface area contributed by atoms with Crippen LogP contribution in [0, 0.1) is 12.7 Å². The number of aryl methyl sites for hydroxylation is 1. The van der Waals surface area contributed by atoms with Crippen LogP contribution in [0.2, 0.25) is 5.02 Å². The zero-order chi connectivity index (χ0) is 18.3. The van der Waals surface area contributed by atoms with Crippen molar-refractivity contribution in [3.63, 3.8) is 0 Å². The summed E-state index contributed by atoms with van der Waals surface area (Å²) < 4.78 is 18.7. The lowest BCUT2D eigenvalue weighted by Gasteiger charge is -2.16. The number of hydrogen-bond acceptors (Lipinski definition) is 4. The van der Waals surface area contributed by atoms with E-state index in [9.17, 15) is 9.18 Å². The van der Waals surface area contributed by atoms with Gasteiger partial charge in [-0.3, -0.25) is 4.79 Å². The fraction of sp³-hybridized carbons (Fsp3) is 0.211. The summed E-state index contributed by atoms with van der Waals surface area (Å²) in [5.41, 5.74) is 2.54. The van der Waals surface area contributed by atoms with Gasteiger partial charge in [-0.2, -0.15) is 4.98 Å². The van der Waals surface area contributed by atoms with Crippen molar-refractivity contribution in [3.05, 3.63) is 64.7 Å². The van der Waals surface area contributed by atoms with E-state index in [1.165, 1.54) is 18.2 Å². The number of aromatic nitrogens is 2. The fourth-order valence-electron chi connectivity index (χ4n) is 3.00. The van der Waals surface area contributed by atoms with Crippen molar-refractivity contribution in [1.82, 2.24) is 10.1 Å². The molecule has 1 fully saturated rings. The standard InChI is InChI=1S/C19H15ClFN3O2/c1-11-2-4-12(5-3-11)19-22-18(23-26-19)13-8-17(25)24(10-13)14-6-7-16(21)15(20)9-14/h2-7,9,13H,8,10H2,1H3/t13-/m0/s1. The Labute approximate surface area is 154 Å². The third kappa shape index (κ3) is 3.08. The topological polar surface area (TPSA) is 59.2 Å². The second-order valence-corrected chi connectivity index (χ2v) is 6.73. The number of amides is 1. The second kappa shape index (κ2) is 6.53. The van der Waals surface area contributed by atoms with Crippen molar-refractivity contribution in [2.75, 3.05) is 11.4 Å². The minimum absolute atomic E-state index is 0.0139. The summed E-state index contributed by atoms with van der Waals surface area (Å²) in [7, 11) is 0. The van der Waals surface area contributed by atoms with E-state index in [0.29, 0.717) is 23.9 Å². The van der Waals surface area contributed by atoms with Crippen molar-refractivity contribution >= 4 is 23.2 Å². The molecule has 3 aromatic rings. The molecule has 132 valence electrons. The average Bonchev–Trinajstić information content (AvgIpc) is 3.25. The van der Waals surface area contributed by atoms with Gasteiger partial charge in [-0.25, -0.2) is 4.39 Å². The van der Waals surface area contributed by atoms with E-state index in [0.717, 1.165) is 11.1 Å². The molecule has 1 saturated heterocycles. The highest BCUT2D eigenvalue weighted by molar-refractivity contribution is 6.31. The zero-order valence-corrected chi connectivity index (χ0v) is 14.7. The van der Waals surface area contributed by atoms with Gasteiger partial charge in [0.15, 0.2) is 5.82 Å². The first-order valence-corrected chi connectivity index (χ1v) is 8.55. The Bertz CT molecular complexity index is 971. The molecule has 1 aromatic heterocycles. The predicted molar refractivity (Wildman–Crippen MR) is 95.6 cm³/mol. The lowest BCUT2D eigenvalue weighted by atomic mass is 10.1. The highest BCUT2D eigenvalue weighted by atomic mass is 35.5. The summed E-state index contributed by atoms with van der Waals surface area (Å²) >= 11 is 5.82. The number of halogens is 2. The van der Waals surface area contributed by atoms with Gasteiger partial charge in [-0.15, -0.1) is 0 Å². The summed E-state index contributed by atoms with van der Waals surface area (Å²) in [6, 6.07) is 12.0. The van der Waals surface area contributed by atoms with Crippen LogP contribution in [0.1, 0.15) is 23.7 Å². The first kappa shape index (κ1) is 16.7. The number of benzene rings is 2. The molecule has 26 heavy (non-hydrogen) atoms. The molecule has 1 aliphatic heterocycles. The third-order valence-electron chi connectivity index (χ3n) is 4.45. The van der Waals surface area contributed by atoms with E-state index in [4.69, 9.17) is 16.1 Å². The number of anilines is 1. The molecule has 1 aliphatic rings. The van der Waals surface area contributed by atoms with Crippen molar-refractivity contribution in [2.24, 2.45) is 0 Å². The molecule has 0 spiro atoms. The van der Waals surface area contributed by atoms with Gasteiger partial charge in [-0.1, -0.05) is 34.5 Å². The smallest absolute Gasteiger partial charge is 0.257 e. The van der Waals surface area contributed by atoms with Gasteiger partial charge in [0.05, 0.1) is 5.02 Å². The van der Waals surface area contributed by atoms with E-state index >= 15 is 0 Å². The van der Waals surface area contributed by atoms with Gasteiger partial charge in [0.1, 0.15) is 5.82 Å². The molecule has 1 amide bonds. The normalized spacial score (nSPS) is 17.1. The molecule has 4 rings (SSSR count). The van der Waals surface area contributed by atoms with Crippen LogP contribution in [0.4, 0.5) is 10.1 Å². The summed E-state index contributed by atoms with van der Waals surface area (Å²) in [5.74, 6) is 0.133. The van der Waals surface area contributed by atoms with Gasteiger partial charge >= 0.3 is 0 Å². The largest absolute Gasteiger partial charge is 0.334 e. The highest BCUT2D eigenvalue weighted by Crippen LogP contribution is 2.33. The van der Waals surface area contributed by atoms with Crippen LogP contribution >= 0.6 is 11.6 Å². The molecule has 0 aliphatic carbocycles. The number of carbonyl (C=O) groups excluding carboxylic acids is 1. The third-order valence-corrected chi connectivity index (χ3v) is 4.73. The number of hydrogen-bond donors (Lipinski definition) is 0. The van der Waals surface area contributed by atoms with Crippen molar-refractivity contribution in [1.29, 1.82) is 0 Å². The average molecular weight is 372 g/mol. The number of carbonyl (C=O) groups is 1. The molecule has 2 heterocycles. The van der Waals surface area contributed by atoms with Crippen LogP contribution in [0.15, 0.2) is 47.0 Å². The second-order valence-electron chi connectivity index (χ2n) is 6.33. The van der Waals surface area contributed by atoms with Crippen LogP contribution < -0.4 is 4.90 Å². The van der Waals surface area contributed by atoms with Gasteiger partial charge in [0, 0.05) is 30.1 Å². The van der Waals surface area contributed by atoms with Crippen molar-refractivity contribution in [2.45, 2.75) is 19.3 Å². The summed E-state index contributed by atoms with van der Waals surface area (Å²) in [6.45, 7) is 2.40. The Kier molecular flexibility index (Phi) is 4.20.